The molecule has 2 heteroatoms. The molecule has 1 atom stereocenters. The van der Waals surface area contributed by atoms with Crippen molar-refractivity contribution >= 4 is 0 Å². The van der Waals surface area contributed by atoms with Gasteiger partial charge in [-0.25, -0.2) is 0 Å². The van der Waals surface area contributed by atoms with Crippen LogP contribution < -0.4 is 5.32 Å². The van der Waals surface area contributed by atoms with E-state index in [-0.39, 0.29) is 0 Å². The summed E-state index contributed by atoms with van der Waals surface area (Å²) in [6, 6.07) is 0. The minimum Gasteiger partial charge on any atom is -0.396 e. The Kier molecular flexibility index (Phi) is 21.7. The first-order valence-electron chi connectivity index (χ1n) is 8.12. The van der Waals surface area contributed by atoms with Gasteiger partial charge in [0, 0.05) is 6.61 Å². The molecule has 0 radical (unpaired) electrons. The Labute approximate surface area is 116 Å². The molecule has 2 N–H and O–H groups in total. The van der Waals surface area contributed by atoms with Gasteiger partial charge < -0.3 is 10.4 Å². The van der Waals surface area contributed by atoms with Crippen LogP contribution in [-0.2, 0) is 0 Å². The van der Waals surface area contributed by atoms with Gasteiger partial charge in [0.25, 0.3) is 0 Å². The van der Waals surface area contributed by atoms with E-state index >= 15 is 0 Å². The second-order valence-corrected chi connectivity index (χ2v) is 4.92. The van der Waals surface area contributed by atoms with Gasteiger partial charge in [-0.1, -0.05) is 59.8 Å². The summed E-state index contributed by atoms with van der Waals surface area (Å²) in [5, 5.41) is 12.1. The maximum absolute atomic E-state index is 8.62. The summed E-state index contributed by atoms with van der Waals surface area (Å²) in [6.45, 7) is 11.3. The van der Waals surface area contributed by atoms with Crippen LogP contribution in [-0.4, -0.2) is 24.8 Å². The fourth-order valence-corrected chi connectivity index (χ4v) is 1.89. The second kappa shape index (κ2) is 19.3. The van der Waals surface area contributed by atoms with Gasteiger partial charge in [-0.2, -0.15) is 0 Å². The molecule has 0 aromatic rings. The van der Waals surface area contributed by atoms with Crippen molar-refractivity contribution < 1.29 is 5.11 Å². The highest BCUT2D eigenvalue weighted by molar-refractivity contribution is 4.56. The Morgan fingerprint density at radius 3 is 2.17 bits per heavy atom. The molecule has 2 nitrogen and oxygen atoms in total. The maximum atomic E-state index is 8.62. The van der Waals surface area contributed by atoms with E-state index in [0.29, 0.717) is 6.61 Å². The first kappa shape index (κ1) is 20.2. The van der Waals surface area contributed by atoms with Crippen LogP contribution in [0.4, 0.5) is 0 Å². The summed E-state index contributed by atoms with van der Waals surface area (Å²) in [5.74, 6) is 0.877. The third-order valence-corrected chi connectivity index (χ3v) is 3.13. The van der Waals surface area contributed by atoms with Crippen molar-refractivity contribution in [3.63, 3.8) is 0 Å². The molecule has 0 spiro atoms. The van der Waals surface area contributed by atoms with Gasteiger partial charge in [0.1, 0.15) is 0 Å². The Balaban J connectivity index is 0. The zero-order chi connectivity index (χ0) is 14.1. The quantitative estimate of drug-likeness (QED) is 0.510. The summed E-state index contributed by atoms with van der Waals surface area (Å²) in [5.41, 5.74) is 0. The molecular formula is C16H37NO. The average molecular weight is 259 g/mol. The predicted octanol–water partition coefficient (Wildman–Crippen LogP) is 4.37. The normalized spacial score (nSPS) is 11.8. The molecule has 0 bridgehead atoms. The van der Waals surface area contributed by atoms with Gasteiger partial charge in [0.2, 0.25) is 0 Å². The Morgan fingerprint density at radius 1 is 0.889 bits per heavy atom. The molecule has 0 saturated carbocycles. The smallest absolute Gasteiger partial charge is 0.0431 e. The van der Waals surface area contributed by atoms with Gasteiger partial charge in [-0.05, 0) is 38.3 Å². The molecule has 1 unspecified atom stereocenters. The van der Waals surface area contributed by atoms with E-state index in [2.05, 4.69) is 19.2 Å². The van der Waals surface area contributed by atoms with Crippen LogP contribution in [0.3, 0.4) is 0 Å². The SMILES string of the molecule is CC.CCCCC(C)CCNCCCCCCO. The number of hydrogen-bond donors (Lipinski definition) is 2. The van der Waals surface area contributed by atoms with E-state index in [9.17, 15) is 0 Å². The lowest BCUT2D eigenvalue weighted by Crippen LogP contribution is -2.18. The number of unbranched alkanes of at least 4 members (excludes halogenated alkanes) is 4. The summed E-state index contributed by atoms with van der Waals surface area (Å²) < 4.78 is 0. The largest absolute Gasteiger partial charge is 0.396 e. The second-order valence-electron chi connectivity index (χ2n) is 4.92. The third-order valence-electron chi connectivity index (χ3n) is 3.13. The first-order valence-corrected chi connectivity index (χ1v) is 8.12. The highest BCUT2D eigenvalue weighted by atomic mass is 16.2. The summed E-state index contributed by atoms with van der Waals surface area (Å²) in [4.78, 5) is 0. The molecule has 0 fully saturated rings. The number of nitrogens with one attached hydrogen (secondary N) is 1. The molecule has 0 aromatic heterocycles. The number of rotatable bonds is 12. The first-order chi connectivity index (χ1) is 8.81. The van der Waals surface area contributed by atoms with Crippen LogP contribution in [0.25, 0.3) is 0 Å². The fraction of sp³-hybridized carbons (Fsp3) is 1.00. The van der Waals surface area contributed by atoms with Gasteiger partial charge in [0.15, 0.2) is 0 Å². The van der Waals surface area contributed by atoms with Crippen molar-refractivity contribution in [2.24, 2.45) is 5.92 Å². The van der Waals surface area contributed by atoms with Crippen LogP contribution in [0.2, 0.25) is 0 Å². The lowest BCUT2D eigenvalue weighted by Gasteiger charge is -2.11. The van der Waals surface area contributed by atoms with Crippen molar-refractivity contribution in [1.29, 1.82) is 0 Å². The number of aliphatic hydroxyl groups is 1. The molecular weight excluding hydrogens is 222 g/mol. The standard InChI is InChI=1S/C14H31NO.C2H6/c1-3-4-9-14(2)10-12-15-11-7-5-6-8-13-16;1-2/h14-16H,3-13H2,1-2H3;1-2H3. The minimum absolute atomic E-state index is 0.350. The molecule has 0 saturated heterocycles. The molecule has 0 aliphatic carbocycles. The molecule has 0 aromatic carbocycles. The van der Waals surface area contributed by atoms with Crippen molar-refractivity contribution in [2.75, 3.05) is 19.7 Å². The lowest BCUT2D eigenvalue weighted by atomic mass is 10.0. The van der Waals surface area contributed by atoms with Crippen molar-refractivity contribution in [3.8, 4) is 0 Å². The Morgan fingerprint density at radius 2 is 1.56 bits per heavy atom. The van der Waals surface area contributed by atoms with Crippen LogP contribution in [0.15, 0.2) is 0 Å². The number of hydrogen-bond acceptors (Lipinski definition) is 2. The summed E-state index contributed by atoms with van der Waals surface area (Å²) in [7, 11) is 0. The predicted molar refractivity (Wildman–Crippen MR) is 83.1 cm³/mol. The van der Waals surface area contributed by atoms with Crippen molar-refractivity contribution in [2.45, 2.75) is 79.1 Å². The molecule has 0 heterocycles. The van der Waals surface area contributed by atoms with Crippen LogP contribution in [0.5, 0.6) is 0 Å². The summed E-state index contributed by atoms with van der Waals surface area (Å²) >= 11 is 0. The van der Waals surface area contributed by atoms with Gasteiger partial charge in [-0.15, -0.1) is 0 Å². The minimum atomic E-state index is 0.350. The maximum Gasteiger partial charge on any atom is 0.0431 e. The highest BCUT2D eigenvalue weighted by Gasteiger charge is 2.00. The summed E-state index contributed by atoms with van der Waals surface area (Å²) in [6.07, 6.45) is 10.0. The van der Waals surface area contributed by atoms with Crippen LogP contribution in [0, 0.1) is 5.92 Å². The average Bonchev–Trinajstić information content (AvgIpc) is 2.41. The van der Waals surface area contributed by atoms with E-state index in [1.54, 1.807) is 0 Å². The van der Waals surface area contributed by atoms with Crippen molar-refractivity contribution in [1.82, 2.24) is 5.32 Å². The molecule has 0 aliphatic rings. The molecule has 0 amide bonds. The van der Waals surface area contributed by atoms with E-state index in [0.717, 1.165) is 18.9 Å². The molecule has 0 aliphatic heterocycles. The van der Waals surface area contributed by atoms with E-state index in [1.807, 2.05) is 13.8 Å². The Hall–Kier alpha value is -0.0800. The van der Waals surface area contributed by atoms with Crippen LogP contribution in [0.1, 0.15) is 79.1 Å². The zero-order valence-electron chi connectivity index (χ0n) is 13.3. The molecule has 18 heavy (non-hydrogen) atoms. The lowest BCUT2D eigenvalue weighted by molar-refractivity contribution is 0.282. The topological polar surface area (TPSA) is 32.3 Å². The van der Waals surface area contributed by atoms with Gasteiger partial charge >= 0.3 is 0 Å². The third kappa shape index (κ3) is 18.3. The zero-order valence-corrected chi connectivity index (χ0v) is 13.3. The highest BCUT2D eigenvalue weighted by Crippen LogP contribution is 2.10. The number of aliphatic hydroxyl groups excluding tert-OH is 1. The molecule has 0 rings (SSSR count). The molecule has 112 valence electrons. The van der Waals surface area contributed by atoms with E-state index in [1.165, 1.54) is 51.5 Å². The van der Waals surface area contributed by atoms with E-state index in [4.69, 9.17) is 5.11 Å². The van der Waals surface area contributed by atoms with Crippen molar-refractivity contribution in [3.05, 3.63) is 0 Å². The van der Waals surface area contributed by atoms with Crippen LogP contribution >= 0.6 is 0 Å². The van der Waals surface area contributed by atoms with Gasteiger partial charge in [0.05, 0.1) is 0 Å². The van der Waals surface area contributed by atoms with E-state index < -0.39 is 0 Å². The Bertz CT molecular complexity index is 128. The monoisotopic (exact) mass is 259 g/mol. The fourth-order valence-electron chi connectivity index (χ4n) is 1.89. The van der Waals surface area contributed by atoms with Gasteiger partial charge in [-0.3, -0.25) is 0 Å².